The van der Waals surface area contributed by atoms with Gasteiger partial charge in [0.2, 0.25) is 5.91 Å². The van der Waals surface area contributed by atoms with E-state index in [1.165, 1.54) is 30.4 Å². The highest BCUT2D eigenvalue weighted by molar-refractivity contribution is 7.07. The summed E-state index contributed by atoms with van der Waals surface area (Å²) in [4.78, 5) is 16.1. The Balaban J connectivity index is 1.86. The molecular weight excluding hydrogens is 340 g/mol. The van der Waals surface area contributed by atoms with Crippen molar-refractivity contribution in [2.45, 2.75) is 26.7 Å². The van der Waals surface area contributed by atoms with E-state index in [1.54, 1.807) is 6.07 Å². The van der Waals surface area contributed by atoms with E-state index >= 15 is 0 Å². The maximum atomic E-state index is 13.1. The minimum Gasteiger partial charge on any atom is -0.395 e. The molecule has 0 radical (unpaired) electrons. The van der Waals surface area contributed by atoms with Gasteiger partial charge >= 0.3 is 6.29 Å². The van der Waals surface area contributed by atoms with Crippen molar-refractivity contribution in [3.63, 3.8) is 0 Å². The van der Waals surface area contributed by atoms with Crippen LogP contribution in [0.4, 0.5) is 14.5 Å². The molecular formula is C15H15F2N3O3S. The first kappa shape index (κ1) is 16.4. The number of fused-ring (bicyclic) bond motifs is 1. The molecule has 0 spiro atoms. The molecule has 1 N–H and O–H groups in total. The lowest BCUT2D eigenvalue weighted by molar-refractivity contribution is -0.286. The molecule has 6 nitrogen and oxygen atoms in total. The highest BCUT2D eigenvalue weighted by atomic mass is 32.1. The van der Waals surface area contributed by atoms with E-state index in [9.17, 15) is 13.6 Å². The molecule has 2 heterocycles. The molecule has 1 aliphatic rings. The molecule has 3 rings (SSSR count). The number of hydrogen-bond donors (Lipinski definition) is 1. The number of rotatable bonds is 4. The van der Waals surface area contributed by atoms with Crippen molar-refractivity contribution in [1.82, 2.24) is 9.88 Å². The number of halogens is 2. The van der Waals surface area contributed by atoms with Crippen LogP contribution in [0.15, 0.2) is 28.6 Å². The lowest BCUT2D eigenvalue weighted by Crippen LogP contribution is -2.28. The molecule has 1 amide bonds. The predicted octanol–water partition coefficient (Wildman–Crippen LogP) is 2.55. The molecule has 24 heavy (non-hydrogen) atoms. The smallest absolute Gasteiger partial charge is 0.395 e. The van der Waals surface area contributed by atoms with E-state index in [4.69, 9.17) is 0 Å². The minimum atomic E-state index is -3.64. The van der Waals surface area contributed by atoms with Gasteiger partial charge in [-0.3, -0.25) is 4.79 Å². The van der Waals surface area contributed by atoms with Crippen molar-refractivity contribution >= 4 is 22.9 Å². The van der Waals surface area contributed by atoms with Gasteiger partial charge in [0.15, 0.2) is 16.3 Å². The van der Waals surface area contributed by atoms with Gasteiger partial charge in [0.25, 0.3) is 0 Å². The number of alkyl halides is 2. The van der Waals surface area contributed by atoms with Crippen LogP contribution in [0.1, 0.15) is 12.6 Å². The number of aryl methyl sites for hydroxylation is 1. The summed E-state index contributed by atoms with van der Waals surface area (Å²) in [6, 6.07) is 4.39. The molecule has 2 aromatic rings. The molecule has 0 atom stereocenters. The van der Waals surface area contributed by atoms with Crippen molar-refractivity contribution in [2.24, 2.45) is 4.99 Å². The molecule has 0 saturated heterocycles. The fraction of sp³-hybridized carbons (Fsp3) is 0.333. The Labute approximate surface area is 140 Å². The number of benzene rings is 1. The summed E-state index contributed by atoms with van der Waals surface area (Å²) in [5, 5.41) is 4.67. The van der Waals surface area contributed by atoms with Gasteiger partial charge < -0.3 is 19.4 Å². The van der Waals surface area contributed by atoms with Crippen LogP contribution in [0, 0.1) is 6.92 Å². The molecule has 0 aliphatic carbocycles. The normalized spacial score (nSPS) is 15.6. The summed E-state index contributed by atoms with van der Waals surface area (Å²) < 4.78 is 36.9. The highest BCUT2D eigenvalue weighted by Gasteiger charge is 2.43. The summed E-state index contributed by atoms with van der Waals surface area (Å²) in [7, 11) is 0. The quantitative estimate of drug-likeness (QED) is 0.917. The van der Waals surface area contributed by atoms with Gasteiger partial charge in [0.05, 0.1) is 5.69 Å². The van der Waals surface area contributed by atoms with Crippen LogP contribution in [0.5, 0.6) is 11.5 Å². The Hall–Kier alpha value is -2.42. The van der Waals surface area contributed by atoms with Crippen LogP contribution in [0.25, 0.3) is 0 Å². The van der Waals surface area contributed by atoms with Gasteiger partial charge in [0, 0.05) is 37.2 Å². The van der Waals surface area contributed by atoms with Crippen LogP contribution in [-0.2, 0) is 11.3 Å². The molecule has 0 fully saturated rings. The summed E-state index contributed by atoms with van der Waals surface area (Å²) in [5.74, 6) is -0.155. The van der Waals surface area contributed by atoms with Gasteiger partial charge in [-0.1, -0.05) is 0 Å². The number of nitrogens with one attached hydrogen (secondary N) is 1. The molecule has 1 aromatic heterocycles. The third kappa shape index (κ3) is 3.56. The average Bonchev–Trinajstić information content (AvgIpc) is 2.98. The fourth-order valence-corrected chi connectivity index (χ4v) is 3.16. The number of aromatic nitrogens is 1. The zero-order chi connectivity index (χ0) is 17.3. The first-order valence-electron chi connectivity index (χ1n) is 7.18. The molecule has 0 saturated carbocycles. The number of hydrogen-bond acceptors (Lipinski definition) is 5. The highest BCUT2D eigenvalue weighted by Crippen LogP contribution is 2.42. The zero-order valence-electron chi connectivity index (χ0n) is 13.0. The number of ether oxygens (including phenoxy) is 2. The van der Waals surface area contributed by atoms with E-state index in [2.05, 4.69) is 19.8 Å². The van der Waals surface area contributed by atoms with Crippen LogP contribution in [0.3, 0.4) is 0 Å². The fourth-order valence-electron chi connectivity index (χ4n) is 2.24. The monoisotopic (exact) mass is 355 g/mol. The van der Waals surface area contributed by atoms with Crippen LogP contribution in [0.2, 0.25) is 0 Å². The Morgan fingerprint density at radius 2 is 2.12 bits per heavy atom. The van der Waals surface area contributed by atoms with Crippen molar-refractivity contribution in [3.05, 3.63) is 34.1 Å². The Morgan fingerprint density at radius 1 is 1.38 bits per heavy atom. The molecule has 0 bridgehead atoms. The number of carbonyl (C=O) groups excluding carboxylic acids is 1. The summed E-state index contributed by atoms with van der Waals surface area (Å²) in [6.07, 6.45) is -3.64. The van der Waals surface area contributed by atoms with E-state index in [-0.39, 0.29) is 17.4 Å². The van der Waals surface area contributed by atoms with Gasteiger partial charge in [0.1, 0.15) is 0 Å². The van der Waals surface area contributed by atoms with Gasteiger partial charge in [-0.05, 0) is 19.1 Å². The number of thiazole rings is 1. The zero-order valence-corrected chi connectivity index (χ0v) is 13.8. The standard InChI is InChI=1S/C15H15F2N3O3S/c1-9-8-24-14(20(9)6-5-18-10(2)21)19-11-3-4-12-13(7-11)23-15(16,17)22-12/h3-4,7-8H,5-6H2,1-2H3,(H,18,21). The second-order valence-electron chi connectivity index (χ2n) is 5.20. The van der Waals surface area contributed by atoms with Gasteiger partial charge in [-0.15, -0.1) is 20.1 Å². The maximum absolute atomic E-state index is 13.1. The number of carbonyl (C=O) groups is 1. The third-order valence-corrected chi connectivity index (χ3v) is 4.29. The lowest BCUT2D eigenvalue weighted by Gasteiger charge is -2.06. The van der Waals surface area contributed by atoms with E-state index < -0.39 is 6.29 Å². The SMILES string of the molecule is CC(=O)NCCn1c(C)csc1=Nc1ccc2c(c1)OC(F)(F)O2. The molecule has 1 aromatic carbocycles. The molecule has 0 unspecified atom stereocenters. The van der Waals surface area contributed by atoms with E-state index in [0.29, 0.717) is 23.6 Å². The molecule has 1 aliphatic heterocycles. The topological polar surface area (TPSA) is 64.9 Å². The molecule has 128 valence electrons. The summed E-state index contributed by atoms with van der Waals surface area (Å²) >= 11 is 1.43. The minimum absolute atomic E-state index is 0.0140. The third-order valence-electron chi connectivity index (χ3n) is 3.31. The first-order chi connectivity index (χ1) is 11.3. The van der Waals surface area contributed by atoms with Crippen LogP contribution < -0.4 is 19.6 Å². The Kier molecular flexibility index (Phi) is 4.27. The van der Waals surface area contributed by atoms with Gasteiger partial charge in [-0.25, -0.2) is 4.99 Å². The second kappa shape index (κ2) is 6.23. The summed E-state index contributed by atoms with van der Waals surface area (Å²) in [6.45, 7) is 4.44. The number of nitrogens with zero attached hydrogens (tertiary/aromatic N) is 2. The van der Waals surface area contributed by atoms with Crippen molar-refractivity contribution in [3.8, 4) is 11.5 Å². The predicted molar refractivity (Wildman–Crippen MR) is 83.6 cm³/mol. The largest absolute Gasteiger partial charge is 0.586 e. The van der Waals surface area contributed by atoms with Crippen molar-refractivity contribution in [1.29, 1.82) is 0 Å². The molecule has 9 heteroatoms. The first-order valence-corrected chi connectivity index (χ1v) is 8.06. The van der Waals surface area contributed by atoms with Gasteiger partial charge in [-0.2, -0.15) is 0 Å². The Morgan fingerprint density at radius 3 is 2.88 bits per heavy atom. The Bertz CT molecular complexity index is 845. The second-order valence-corrected chi connectivity index (χ2v) is 6.04. The van der Waals surface area contributed by atoms with E-state index in [0.717, 1.165) is 5.69 Å². The van der Waals surface area contributed by atoms with Crippen LogP contribution >= 0.6 is 11.3 Å². The lowest BCUT2D eigenvalue weighted by atomic mass is 10.3. The van der Waals surface area contributed by atoms with Crippen molar-refractivity contribution in [2.75, 3.05) is 6.54 Å². The number of amides is 1. The average molecular weight is 355 g/mol. The van der Waals surface area contributed by atoms with Crippen molar-refractivity contribution < 1.29 is 23.0 Å². The maximum Gasteiger partial charge on any atom is 0.586 e. The summed E-state index contributed by atoms with van der Waals surface area (Å²) in [5.41, 5.74) is 1.47. The van der Waals surface area contributed by atoms with E-state index in [1.807, 2.05) is 16.9 Å². The van der Waals surface area contributed by atoms with Crippen LogP contribution in [-0.4, -0.2) is 23.3 Å².